The van der Waals surface area contributed by atoms with Crippen LogP contribution in [-0.2, 0) is 4.74 Å². The Bertz CT molecular complexity index is 723. The number of hydrogen-bond acceptors (Lipinski definition) is 4. The molecule has 0 aliphatic carbocycles. The summed E-state index contributed by atoms with van der Waals surface area (Å²) in [7, 11) is 1.24. The summed E-state index contributed by atoms with van der Waals surface area (Å²) in [5.41, 5.74) is 10.3. The average Bonchev–Trinajstić information content (AvgIpc) is 2.42. The van der Waals surface area contributed by atoms with Crippen LogP contribution in [0.25, 0.3) is 21.3 Å². The van der Waals surface area contributed by atoms with E-state index in [1.54, 1.807) is 12.1 Å². The maximum atomic E-state index is 11.7. The maximum Gasteiger partial charge on any atom is 0.339 e. The predicted octanol–water partition coefficient (Wildman–Crippen LogP) is 3.93. The van der Waals surface area contributed by atoms with E-state index in [4.69, 9.17) is 17.1 Å². The number of methoxy groups -OCH3 is 1. The molecule has 0 saturated carbocycles. The maximum absolute atomic E-state index is 11.7. The molecule has 0 unspecified atom stereocenters. The monoisotopic (exact) mass is 276 g/mol. The van der Waals surface area contributed by atoms with E-state index in [0.29, 0.717) is 15.9 Å². The summed E-state index contributed by atoms with van der Waals surface area (Å²) in [5, 5.41) is 4.37. The van der Waals surface area contributed by atoms with Crippen LogP contribution in [0.1, 0.15) is 15.9 Å². The SMILES string of the molecule is COC(=O)c1cnc2c(C)ccc(Cl)c2c1N=[N+]=[N-]. The zero-order valence-corrected chi connectivity index (χ0v) is 11.0. The van der Waals surface area contributed by atoms with Gasteiger partial charge in [-0.3, -0.25) is 4.98 Å². The lowest BCUT2D eigenvalue weighted by atomic mass is 10.1. The number of ether oxygens (including phenoxy) is 1. The predicted molar refractivity (Wildman–Crippen MR) is 71.6 cm³/mol. The van der Waals surface area contributed by atoms with Gasteiger partial charge in [0.1, 0.15) is 0 Å². The number of rotatable bonds is 2. The zero-order valence-electron chi connectivity index (χ0n) is 10.2. The molecule has 0 amide bonds. The van der Waals surface area contributed by atoms with E-state index in [1.165, 1.54) is 13.3 Å². The van der Waals surface area contributed by atoms with Gasteiger partial charge in [-0.1, -0.05) is 22.8 Å². The molecule has 0 spiro atoms. The second kappa shape index (κ2) is 5.14. The van der Waals surface area contributed by atoms with E-state index >= 15 is 0 Å². The number of carbonyl (C=O) groups is 1. The number of benzene rings is 1. The van der Waals surface area contributed by atoms with Crippen molar-refractivity contribution in [2.45, 2.75) is 6.92 Å². The Labute approximate surface area is 113 Å². The number of aromatic nitrogens is 1. The van der Waals surface area contributed by atoms with Crippen LogP contribution < -0.4 is 0 Å². The number of esters is 1. The largest absolute Gasteiger partial charge is 0.465 e. The molecule has 1 aromatic carbocycles. The van der Waals surface area contributed by atoms with Gasteiger partial charge in [-0.25, -0.2) is 4.79 Å². The van der Waals surface area contributed by atoms with Gasteiger partial charge < -0.3 is 4.74 Å². The topological polar surface area (TPSA) is 88.0 Å². The van der Waals surface area contributed by atoms with Gasteiger partial charge in [-0.05, 0) is 24.1 Å². The molecule has 2 aromatic rings. The molecule has 0 radical (unpaired) electrons. The minimum Gasteiger partial charge on any atom is -0.465 e. The summed E-state index contributed by atoms with van der Waals surface area (Å²) in [4.78, 5) is 18.6. The molecule has 6 nitrogen and oxygen atoms in total. The van der Waals surface area contributed by atoms with Crippen molar-refractivity contribution >= 4 is 34.2 Å². The Balaban J connectivity index is 2.96. The molecule has 0 aliphatic heterocycles. The Morgan fingerprint density at radius 3 is 2.89 bits per heavy atom. The lowest BCUT2D eigenvalue weighted by Crippen LogP contribution is -2.03. The van der Waals surface area contributed by atoms with Gasteiger partial charge in [-0.15, -0.1) is 0 Å². The van der Waals surface area contributed by atoms with Crippen molar-refractivity contribution in [1.29, 1.82) is 0 Å². The molecule has 96 valence electrons. The normalized spacial score (nSPS) is 10.1. The van der Waals surface area contributed by atoms with Crippen molar-refractivity contribution in [2.75, 3.05) is 7.11 Å². The van der Waals surface area contributed by atoms with E-state index in [0.717, 1.165) is 5.56 Å². The number of nitrogens with zero attached hydrogens (tertiary/aromatic N) is 4. The minimum absolute atomic E-state index is 0.0836. The van der Waals surface area contributed by atoms with Crippen LogP contribution in [0, 0.1) is 6.92 Å². The van der Waals surface area contributed by atoms with Gasteiger partial charge in [-0.2, -0.15) is 0 Å². The van der Waals surface area contributed by atoms with E-state index < -0.39 is 5.97 Å². The second-order valence-corrected chi connectivity index (χ2v) is 4.20. The zero-order chi connectivity index (χ0) is 14.0. The third-order valence-electron chi connectivity index (χ3n) is 2.69. The lowest BCUT2D eigenvalue weighted by Gasteiger charge is -2.09. The van der Waals surface area contributed by atoms with Crippen molar-refractivity contribution < 1.29 is 9.53 Å². The molecule has 2 rings (SSSR count). The first-order valence-corrected chi connectivity index (χ1v) is 5.69. The summed E-state index contributed by atoms with van der Waals surface area (Å²) in [5.74, 6) is -0.630. The van der Waals surface area contributed by atoms with Crippen molar-refractivity contribution in [1.82, 2.24) is 4.98 Å². The molecule has 19 heavy (non-hydrogen) atoms. The molecule has 0 saturated heterocycles. The van der Waals surface area contributed by atoms with E-state index in [-0.39, 0.29) is 11.3 Å². The van der Waals surface area contributed by atoms with Gasteiger partial charge in [0, 0.05) is 16.5 Å². The highest BCUT2D eigenvalue weighted by Gasteiger charge is 2.17. The van der Waals surface area contributed by atoms with Crippen molar-refractivity contribution in [2.24, 2.45) is 5.11 Å². The number of aryl methyl sites for hydroxylation is 1. The number of pyridine rings is 1. The van der Waals surface area contributed by atoms with Crippen molar-refractivity contribution in [3.05, 3.63) is 44.9 Å². The molecule has 1 heterocycles. The summed E-state index contributed by atoms with van der Waals surface area (Å²) >= 11 is 6.11. The summed E-state index contributed by atoms with van der Waals surface area (Å²) in [6.07, 6.45) is 1.32. The molecule has 0 fully saturated rings. The molecule has 7 heteroatoms. The summed E-state index contributed by atoms with van der Waals surface area (Å²) in [6, 6.07) is 3.47. The molecular formula is C12H9ClN4O2. The van der Waals surface area contributed by atoms with Gasteiger partial charge in [0.25, 0.3) is 0 Å². The first kappa shape index (κ1) is 13.1. The number of halogens is 1. The van der Waals surface area contributed by atoms with Crippen LogP contribution in [0.15, 0.2) is 23.4 Å². The van der Waals surface area contributed by atoms with E-state index in [1.807, 2.05) is 6.92 Å². The number of hydrogen-bond donors (Lipinski definition) is 0. The fraction of sp³-hybridized carbons (Fsp3) is 0.167. The van der Waals surface area contributed by atoms with Crippen molar-refractivity contribution in [3.8, 4) is 0 Å². The molecular weight excluding hydrogens is 268 g/mol. The molecule has 0 N–H and O–H groups in total. The highest BCUT2D eigenvalue weighted by Crippen LogP contribution is 2.36. The van der Waals surface area contributed by atoms with Crippen LogP contribution in [0.3, 0.4) is 0 Å². The quantitative estimate of drug-likeness (QED) is 0.360. The van der Waals surface area contributed by atoms with Gasteiger partial charge >= 0.3 is 5.97 Å². The lowest BCUT2D eigenvalue weighted by molar-refractivity contribution is 0.0601. The molecule has 0 bridgehead atoms. The summed E-state index contributed by atoms with van der Waals surface area (Å²) < 4.78 is 4.64. The average molecular weight is 277 g/mol. The standard InChI is InChI=1S/C12H9ClN4O2/c1-6-3-4-8(13)9-10(6)15-5-7(12(18)19-2)11(9)16-17-14/h3-5H,1-2H3. The highest BCUT2D eigenvalue weighted by molar-refractivity contribution is 6.36. The molecule has 0 aliphatic rings. The fourth-order valence-corrected chi connectivity index (χ4v) is 2.04. The van der Waals surface area contributed by atoms with Crippen LogP contribution >= 0.6 is 11.6 Å². The van der Waals surface area contributed by atoms with Crippen LogP contribution in [0.5, 0.6) is 0 Å². The fourth-order valence-electron chi connectivity index (χ4n) is 1.80. The van der Waals surface area contributed by atoms with E-state index in [9.17, 15) is 4.79 Å². The first-order valence-electron chi connectivity index (χ1n) is 5.31. The third kappa shape index (κ3) is 2.19. The molecule has 1 aromatic heterocycles. The van der Waals surface area contributed by atoms with Gasteiger partial charge in [0.05, 0.1) is 28.9 Å². The van der Waals surface area contributed by atoms with E-state index in [2.05, 4.69) is 19.7 Å². The number of carbonyl (C=O) groups excluding carboxylic acids is 1. The van der Waals surface area contributed by atoms with Crippen LogP contribution in [-0.4, -0.2) is 18.1 Å². The molecule has 0 atom stereocenters. The van der Waals surface area contributed by atoms with Gasteiger partial charge in [0.15, 0.2) is 0 Å². The Morgan fingerprint density at radius 1 is 1.53 bits per heavy atom. The Kier molecular flexibility index (Phi) is 3.55. The van der Waals surface area contributed by atoms with Crippen molar-refractivity contribution in [3.63, 3.8) is 0 Å². The smallest absolute Gasteiger partial charge is 0.339 e. The Morgan fingerprint density at radius 2 is 2.26 bits per heavy atom. The first-order chi connectivity index (χ1) is 9.10. The number of azide groups is 1. The Hall–Kier alpha value is -2.30. The number of fused-ring (bicyclic) bond motifs is 1. The summed E-state index contributed by atoms with van der Waals surface area (Å²) in [6.45, 7) is 1.85. The third-order valence-corrected chi connectivity index (χ3v) is 3.01. The highest BCUT2D eigenvalue weighted by atomic mass is 35.5. The van der Waals surface area contributed by atoms with Gasteiger partial charge in [0.2, 0.25) is 0 Å². The minimum atomic E-state index is -0.630. The second-order valence-electron chi connectivity index (χ2n) is 3.79. The van der Waals surface area contributed by atoms with Crippen LogP contribution in [0.2, 0.25) is 5.02 Å². The van der Waals surface area contributed by atoms with Crippen LogP contribution in [0.4, 0.5) is 5.69 Å².